The maximum absolute atomic E-state index is 11.8. The summed E-state index contributed by atoms with van der Waals surface area (Å²) in [5.41, 5.74) is 0. The lowest BCUT2D eigenvalue weighted by Crippen LogP contribution is -2.27. The summed E-state index contributed by atoms with van der Waals surface area (Å²) in [4.78, 5) is 29.1. The number of benzene rings is 1. The Morgan fingerprint density at radius 2 is 1.37 bits per heavy atom. The van der Waals surface area contributed by atoms with Crippen molar-refractivity contribution >= 4 is 55.0 Å². The number of hydrogen-bond donors (Lipinski definition) is 2. The van der Waals surface area contributed by atoms with E-state index in [1.807, 2.05) is 36.4 Å². The van der Waals surface area contributed by atoms with Crippen LogP contribution in [0, 0.1) is 0 Å². The van der Waals surface area contributed by atoms with Gasteiger partial charge in [0, 0.05) is 48.5 Å². The molecule has 2 rings (SSSR count). The van der Waals surface area contributed by atoms with Gasteiger partial charge in [-0.3, -0.25) is 9.59 Å². The number of hydrogen-bond acceptors (Lipinski definition) is 7. The molecule has 162 valence electrons. The van der Waals surface area contributed by atoms with Crippen molar-refractivity contribution in [2.45, 2.75) is 35.6 Å². The molecule has 2 amide bonds. The molecule has 0 fully saturated rings. The number of unbranched alkanes of at least 4 members (excludes halogenated alkanes) is 1. The molecular formula is C21H27N3O2S4. The zero-order valence-corrected chi connectivity index (χ0v) is 20.0. The van der Waals surface area contributed by atoms with Gasteiger partial charge in [0.2, 0.25) is 11.8 Å². The van der Waals surface area contributed by atoms with Gasteiger partial charge in [-0.05, 0) is 47.9 Å². The van der Waals surface area contributed by atoms with E-state index < -0.39 is 0 Å². The van der Waals surface area contributed by atoms with Gasteiger partial charge in [-0.15, -0.1) is 0 Å². The summed E-state index contributed by atoms with van der Waals surface area (Å²) >= 11 is 0. The monoisotopic (exact) mass is 481 g/mol. The minimum Gasteiger partial charge on any atom is -0.356 e. The molecule has 0 unspecified atom stereocenters. The Bertz CT molecular complexity index is 672. The first-order valence-corrected chi connectivity index (χ1v) is 14.5. The number of aromatic nitrogens is 1. The molecule has 0 spiro atoms. The van der Waals surface area contributed by atoms with Gasteiger partial charge < -0.3 is 10.6 Å². The van der Waals surface area contributed by atoms with Crippen molar-refractivity contribution in [3.05, 3.63) is 54.7 Å². The van der Waals surface area contributed by atoms with Crippen molar-refractivity contribution in [3.63, 3.8) is 0 Å². The summed E-state index contributed by atoms with van der Waals surface area (Å²) in [5.74, 6) is 1.70. The van der Waals surface area contributed by atoms with E-state index in [1.165, 1.54) is 4.90 Å². The van der Waals surface area contributed by atoms with Crippen molar-refractivity contribution in [2.24, 2.45) is 0 Å². The highest BCUT2D eigenvalue weighted by Gasteiger charge is 2.04. The summed E-state index contributed by atoms with van der Waals surface area (Å²) < 4.78 is 0. The van der Waals surface area contributed by atoms with Crippen LogP contribution in [0.3, 0.4) is 0 Å². The van der Waals surface area contributed by atoms with E-state index in [2.05, 4.69) is 27.8 Å². The smallest absolute Gasteiger partial charge is 0.220 e. The van der Waals surface area contributed by atoms with Crippen molar-refractivity contribution in [3.8, 4) is 0 Å². The Morgan fingerprint density at radius 1 is 0.767 bits per heavy atom. The molecule has 1 aromatic carbocycles. The lowest BCUT2D eigenvalue weighted by Gasteiger charge is -2.07. The van der Waals surface area contributed by atoms with Crippen LogP contribution in [0.4, 0.5) is 0 Å². The van der Waals surface area contributed by atoms with Gasteiger partial charge in [-0.1, -0.05) is 56.6 Å². The number of amides is 2. The second kappa shape index (κ2) is 16.4. The molecule has 0 aliphatic carbocycles. The van der Waals surface area contributed by atoms with Crippen LogP contribution >= 0.6 is 43.2 Å². The number of carbonyl (C=O) groups excluding carboxylic acids is 2. The fourth-order valence-corrected chi connectivity index (χ4v) is 6.10. The highest BCUT2D eigenvalue weighted by molar-refractivity contribution is 8.77. The van der Waals surface area contributed by atoms with Crippen LogP contribution < -0.4 is 10.6 Å². The molecule has 0 aliphatic rings. The van der Waals surface area contributed by atoms with E-state index in [0.29, 0.717) is 25.9 Å². The Hall–Kier alpha value is -1.29. The third-order valence-electron chi connectivity index (χ3n) is 3.75. The Balaban J connectivity index is 1.36. The Morgan fingerprint density at radius 3 is 1.97 bits per heavy atom. The van der Waals surface area contributed by atoms with Crippen molar-refractivity contribution < 1.29 is 9.59 Å². The number of pyridine rings is 1. The molecule has 1 aromatic heterocycles. The van der Waals surface area contributed by atoms with Gasteiger partial charge in [-0.2, -0.15) is 0 Å². The quantitative estimate of drug-likeness (QED) is 0.272. The maximum Gasteiger partial charge on any atom is 0.220 e. The Labute approximate surface area is 194 Å². The zero-order chi connectivity index (χ0) is 21.3. The van der Waals surface area contributed by atoms with Crippen LogP contribution in [0.2, 0.25) is 0 Å². The first-order chi connectivity index (χ1) is 14.7. The van der Waals surface area contributed by atoms with Crippen LogP contribution in [0.1, 0.15) is 25.7 Å². The molecule has 2 aromatic rings. The molecule has 1 heterocycles. The van der Waals surface area contributed by atoms with Gasteiger partial charge >= 0.3 is 0 Å². The third kappa shape index (κ3) is 12.4. The molecular weight excluding hydrogens is 455 g/mol. The minimum absolute atomic E-state index is 0.0705. The van der Waals surface area contributed by atoms with Crippen molar-refractivity contribution in [1.29, 1.82) is 0 Å². The number of rotatable bonds is 15. The summed E-state index contributed by atoms with van der Waals surface area (Å²) in [6, 6.07) is 16.0. The van der Waals surface area contributed by atoms with Gasteiger partial charge in [0.15, 0.2) is 0 Å². The maximum atomic E-state index is 11.8. The lowest BCUT2D eigenvalue weighted by molar-refractivity contribution is -0.121. The molecule has 30 heavy (non-hydrogen) atoms. The van der Waals surface area contributed by atoms with Gasteiger partial charge in [0.05, 0.1) is 0 Å². The average molecular weight is 482 g/mol. The SMILES string of the molecule is O=C(CCSSc1ccccc1)NCCCCNC(=O)CCSSc1ccccn1. The molecule has 0 atom stereocenters. The Kier molecular flexibility index (Phi) is 13.7. The minimum atomic E-state index is 0.0705. The fourth-order valence-electron chi connectivity index (χ4n) is 2.24. The van der Waals surface area contributed by atoms with Crippen LogP contribution in [-0.4, -0.2) is 41.4 Å². The van der Waals surface area contributed by atoms with E-state index in [-0.39, 0.29) is 11.8 Å². The van der Waals surface area contributed by atoms with E-state index >= 15 is 0 Å². The van der Waals surface area contributed by atoms with E-state index in [0.717, 1.165) is 29.4 Å². The first-order valence-electron chi connectivity index (χ1n) is 9.82. The third-order valence-corrected chi connectivity index (χ3v) is 8.40. The van der Waals surface area contributed by atoms with Gasteiger partial charge in [0.1, 0.15) is 5.03 Å². The highest BCUT2D eigenvalue weighted by atomic mass is 33.1. The topological polar surface area (TPSA) is 71.1 Å². The van der Waals surface area contributed by atoms with Crippen LogP contribution in [0.5, 0.6) is 0 Å². The first kappa shape index (κ1) is 25.0. The standard InChI is InChI=1S/C21H27N3O2S4/c25-19(11-16-27-29-18-8-2-1-3-9-18)22-13-6-7-14-23-20(26)12-17-28-30-21-10-4-5-15-24-21/h1-5,8-10,15H,6-7,11-14,16-17H2,(H,22,25)(H,23,26). The molecule has 9 heteroatoms. The molecule has 0 aliphatic heterocycles. The van der Waals surface area contributed by atoms with Crippen molar-refractivity contribution in [2.75, 3.05) is 24.6 Å². The predicted molar refractivity (Wildman–Crippen MR) is 132 cm³/mol. The van der Waals surface area contributed by atoms with E-state index in [1.54, 1.807) is 49.4 Å². The second-order valence-electron chi connectivity index (χ2n) is 6.20. The second-order valence-corrected chi connectivity index (χ2v) is 11.1. The lowest BCUT2D eigenvalue weighted by atomic mass is 10.3. The number of carbonyl (C=O) groups is 2. The van der Waals surface area contributed by atoms with Crippen LogP contribution in [0.25, 0.3) is 0 Å². The summed E-state index contributed by atoms with van der Waals surface area (Å²) in [6.07, 6.45) is 4.51. The van der Waals surface area contributed by atoms with Gasteiger partial charge in [0.25, 0.3) is 0 Å². The highest BCUT2D eigenvalue weighted by Crippen LogP contribution is 2.31. The zero-order valence-electron chi connectivity index (χ0n) is 16.7. The largest absolute Gasteiger partial charge is 0.356 e. The molecule has 0 radical (unpaired) electrons. The molecule has 0 saturated carbocycles. The summed E-state index contributed by atoms with van der Waals surface area (Å²) in [5, 5.41) is 6.83. The molecule has 0 bridgehead atoms. The molecule has 2 N–H and O–H groups in total. The summed E-state index contributed by atoms with van der Waals surface area (Å²) in [6.45, 7) is 1.30. The van der Waals surface area contributed by atoms with Crippen molar-refractivity contribution in [1.82, 2.24) is 15.6 Å². The van der Waals surface area contributed by atoms with E-state index in [4.69, 9.17) is 0 Å². The molecule has 0 saturated heterocycles. The molecule has 5 nitrogen and oxygen atoms in total. The predicted octanol–water partition coefficient (Wildman–Crippen LogP) is 5.06. The normalized spacial score (nSPS) is 10.5. The van der Waals surface area contributed by atoms with Gasteiger partial charge in [-0.25, -0.2) is 4.98 Å². The van der Waals surface area contributed by atoms with Crippen LogP contribution in [-0.2, 0) is 9.59 Å². The average Bonchev–Trinajstić information content (AvgIpc) is 2.78. The van der Waals surface area contributed by atoms with E-state index in [9.17, 15) is 9.59 Å². The van der Waals surface area contributed by atoms with Crippen LogP contribution in [0.15, 0.2) is 64.6 Å². The number of nitrogens with one attached hydrogen (secondary N) is 2. The number of nitrogens with zero attached hydrogens (tertiary/aromatic N) is 1. The summed E-state index contributed by atoms with van der Waals surface area (Å²) in [7, 11) is 6.61. The fraction of sp³-hybridized carbons (Fsp3) is 0.381.